The van der Waals surface area contributed by atoms with Gasteiger partial charge in [0.1, 0.15) is 5.75 Å². The Bertz CT molecular complexity index is 774. The Morgan fingerprint density at radius 3 is 3.04 bits per heavy atom. The van der Waals surface area contributed by atoms with Gasteiger partial charge in [-0.05, 0) is 18.6 Å². The van der Waals surface area contributed by atoms with E-state index in [1.165, 1.54) is 0 Å². The summed E-state index contributed by atoms with van der Waals surface area (Å²) in [6.45, 7) is 4.31. The molecule has 0 spiro atoms. The first-order valence-corrected chi connectivity index (χ1v) is 9.60. The molecule has 1 aliphatic heterocycles. The highest BCUT2D eigenvalue weighted by Gasteiger charge is 2.23. The molecule has 6 heteroatoms. The number of benzene rings is 1. The molecular formula is C17H20N2O2S2. The topological polar surface area (TPSA) is 44.1 Å². The summed E-state index contributed by atoms with van der Waals surface area (Å²) in [6, 6.07) is 7.60. The van der Waals surface area contributed by atoms with Crippen LogP contribution in [0.3, 0.4) is 0 Å². The number of aromatic nitrogens is 2. The minimum Gasteiger partial charge on any atom is -0.497 e. The monoisotopic (exact) mass is 348 g/mol. The van der Waals surface area contributed by atoms with E-state index < -0.39 is 0 Å². The first-order valence-electron chi connectivity index (χ1n) is 7.73. The maximum atomic E-state index is 13.0. The summed E-state index contributed by atoms with van der Waals surface area (Å²) in [5.41, 5.74) is 1.80. The molecule has 4 nitrogen and oxygen atoms in total. The van der Waals surface area contributed by atoms with Gasteiger partial charge < -0.3 is 4.74 Å². The third-order valence-corrected chi connectivity index (χ3v) is 6.19. The molecule has 0 saturated carbocycles. The molecule has 122 valence electrons. The molecule has 2 heterocycles. The molecular weight excluding hydrogens is 328 g/mol. The number of hydrogen-bond donors (Lipinski definition) is 0. The van der Waals surface area contributed by atoms with Gasteiger partial charge in [0.25, 0.3) is 5.56 Å². The van der Waals surface area contributed by atoms with Gasteiger partial charge >= 0.3 is 0 Å². The number of nitrogens with zero attached hydrogens (tertiary/aromatic N) is 2. The molecule has 23 heavy (non-hydrogen) atoms. The van der Waals surface area contributed by atoms with Crippen LogP contribution >= 0.6 is 23.5 Å². The summed E-state index contributed by atoms with van der Waals surface area (Å²) < 4.78 is 7.04. The molecule has 0 amide bonds. The lowest BCUT2D eigenvalue weighted by Crippen LogP contribution is -2.24. The Hall–Kier alpha value is -1.40. The number of thioether (sulfide) groups is 2. The highest BCUT2D eigenvalue weighted by molar-refractivity contribution is 8.00. The third-order valence-electron chi connectivity index (χ3n) is 3.86. The number of ether oxygens (including phenoxy) is 1. The fraction of sp³-hybridized carbons (Fsp3) is 0.412. The van der Waals surface area contributed by atoms with Crippen LogP contribution < -0.4 is 10.3 Å². The second kappa shape index (κ2) is 7.01. The van der Waals surface area contributed by atoms with Crippen molar-refractivity contribution in [3.63, 3.8) is 0 Å². The van der Waals surface area contributed by atoms with Crippen molar-refractivity contribution in [3.05, 3.63) is 40.3 Å². The quantitative estimate of drug-likeness (QED) is 0.608. The van der Waals surface area contributed by atoms with Crippen molar-refractivity contribution in [1.82, 2.24) is 9.55 Å². The molecule has 0 bridgehead atoms. The van der Waals surface area contributed by atoms with Crippen LogP contribution in [-0.4, -0.2) is 27.7 Å². The van der Waals surface area contributed by atoms with Crippen LogP contribution in [0.2, 0.25) is 0 Å². The zero-order valence-corrected chi connectivity index (χ0v) is 15.2. The molecule has 0 fully saturated rings. The summed E-state index contributed by atoms with van der Waals surface area (Å²) >= 11 is 3.27. The molecule has 0 unspecified atom stereocenters. The maximum absolute atomic E-state index is 13.0. The van der Waals surface area contributed by atoms with Gasteiger partial charge in [-0.2, -0.15) is 0 Å². The lowest BCUT2D eigenvalue weighted by molar-refractivity contribution is 0.414. The Morgan fingerprint density at radius 1 is 1.48 bits per heavy atom. The van der Waals surface area contributed by atoms with E-state index in [-0.39, 0.29) is 5.56 Å². The maximum Gasteiger partial charge on any atom is 0.272 e. The van der Waals surface area contributed by atoms with E-state index >= 15 is 0 Å². The van der Waals surface area contributed by atoms with E-state index in [1.54, 1.807) is 35.2 Å². The van der Waals surface area contributed by atoms with Gasteiger partial charge in [0.15, 0.2) is 5.16 Å². The summed E-state index contributed by atoms with van der Waals surface area (Å²) in [5, 5.41) is 1.18. The zero-order valence-electron chi connectivity index (χ0n) is 13.5. The van der Waals surface area contributed by atoms with Crippen LogP contribution in [0.1, 0.15) is 26.0 Å². The van der Waals surface area contributed by atoms with E-state index in [9.17, 15) is 4.79 Å². The molecule has 0 radical (unpaired) electrons. The van der Waals surface area contributed by atoms with Crippen LogP contribution in [0.4, 0.5) is 0 Å². The minimum absolute atomic E-state index is 0.0385. The molecule has 0 aliphatic carbocycles. The van der Waals surface area contributed by atoms with Gasteiger partial charge in [-0.25, -0.2) is 4.98 Å². The van der Waals surface area contributed by atoms with Crippen LogP contribution in [0.15, 0.2) is 39.1 Å². The fourth-order valence-corrected chi connectivity index (χ4v) is 4.42. The number of fused-ring (bicyclic) bond motifs is 1. The van der Waals surface area contributed by atoms with Gasteiger partial charge in [-0.1, -0.05) is 31.7 Å². The molecule has 2 aromatic rings. The predicted molar refractivity (Wildman–Crippen MR) is 96.4 cm³/mol. The van der Waals surface area contributed by atoms with Crippen molar-refractivity contribution in [1.29, 1.82) is 0 Å². The van der Waals surface area contributed by atoms with E-state index in [0.29, 0.717) is 5.25 Å². The largest absolute Gasteiger partial charge is 0.497 e. The smallest absolute Gasteiger partial charge is 0.272 e. The molecule has 1 aromatic heterocycles. The highest BCUT2D eigenvalue weighted by Crippen LogP contribution is 2.32. The van der Waals surface area contributed by atoms with Gasteiger partial charge in [0.2, 0.25) is 0 Å². The normalized spacial score (nSPS) is 14.6. The van der Waals surface area contributed by atoms with Crippen LogP contribution in [0.5, 0.6) is 5.75 Å². The Kier molecular flexibility index (Phi) is 5.02. The second-order valence-corrected chi connectivity index (χ2v) is 7.96. The summed E-state index contributed by atoms with van der Waals surface area (Å²) in [5.74, 6) is 1.68. The standard InChI is InChI=1S/C17H20N2O2S2/c1-4-11(2)23-17-18-14-8-9-22-15(14)16(20)19(17)12-6-5-7-13(10-12)21-3/h5-7,10-11H,4,8-9H2,1-3H3/t11-/m1/s1. The summed E-state index contributed by atoms with van der Waals surface area (Å²) in [4.78, 5) is 18.6. The lowest BCUT2D eigenvalue weighted by atomic mass is 10.3. The van der Waals surface area contributed by atoms with E-state index in [2.05, 4.69) is 13.8 Å². The molecule has 0 saturated heterocycles. The first-order chi connectivity index (χ1) is 11.1. The van der Waals surface area contributed by atoms with Gasteiger partial charge in [0, 0.05) is 23.5 Å². The van der Waals surface area contributed by atoms with Gasteiger partial charge in [0.05, 0.1) is 23.4 Å². The molecule has 3 rings (SSSR count). The van der Waals surface area contributed by atoms with Crippen molar-refractivity contribution in [2.24, 2.45) is 0 Å². The Balaban J connectivity index is 2.18. The number of rotatable bonds is 5. The van der Waals surface area contributed by atoms with E-state index in [1.807, 2.05) is 24.3 Å². The second-order valence-electron chi connectivity index (χ2n) is 5.45. The molecule has 1 aromatic carbocycles. The van der Waals surface area contributed by atoms with Gasteiger partial charge in [-0.3, -0.25) is 9.36 Å². The zero-order chi connectivity index (χ0) is 16.4. The molecule has 1 aliphatic rings. The van der Waals surface area contributed by atoms with Crippen molar-refractivity contribution in [2.75, 3.05) is 12.9 Å². The first kappa shape index (κ1) is 16.5. The molecule has 0 N–H and O–H groups in total. The number of hydrogen-bond acceptors (Lipinski definition) is 5. The number of methoxy groups -OCH3 is 1. The van der Waals surface area contributed by atoms with Crippen molar-refractivity contribution >= 4 is 23.5 Å². The van der Waals surface area contributed by atoms with Crippen molar-refractivity contribution in [3.8, 4) is 11.4 Å². The predicted octanol–water partition coefficient (Wildman–Crippen LogP) is 3.78. The van der Waals surface area contributed by atoms with Crippen molar-refractivity contribution < 1.29 is 4.74 Å². The third kappa shape index (κ3) is 3.28. The fourth-order valence-electron chi connectivity index (χ4n) is 2.41. The van der Waals surface area contributed by atoms with Crippen LogP contribution in [0, 0.1) is 0 Å². The average Bonchev–Trinajstić information content (AvgIpc) is 3.03. The Labute approximate surface area is 144 Å². The SMILES string of the molecule is CC[C@@H](C)Sc1nc2c(c(=O)n1-c1cccc(OC)c1)SCC2. The lowest BCUT2D eigenvalue weighted by Gasteiger charge is -2.16. The summed E-state index contributed by atoms with van der Waals surface area (Å²) in [6.07, 6.45) is 1.91. The van der Waals surface area contributed by atoms with Crippen LogP contribution in [-0.2, 0) is 6.42 Å². The highest BCUT2D eigenvalue weighted by atomic mass is 32.2. The average molecular weight is 348 g/mol. The van der Waals surface area contributed by atoms with Crippen molar-refractivity contribution in [2.45, 2.75) is 42.0 Å². The van der Waals surface area contributed by atoms with Gasteiger partial charge in [-0.15, -0.1) is 11.8 Å². The minimum atomic E-state index is 0.0385. The molecule has 1 atom stereocenters. The van der Waals surface area contributed by atoms with Crippen LogP contribution in [0.25, 0.3) is 5.69 Å². The Morgan fingerprint density at radius 2 is 2.30 bits per heavy atom. The van der Waals surface area contributed by atoms with E-state index in [4.69, 9.17) is 9.72 Å². The number of aryl methyl sites for hydroxylation is 1. The van der Waals surface area contributed by atoms with E-state index in [0.717, 1.165) is 45.8 Å². The summed E-state index contributed by atoms with van der Waals surface area (Å²) in [7, 11) is 1.63.